The zero-order chi connectivity index (χ0) is 13.1. The fraction of sp³-hybridized carbons (Fsp3) is 1.00. The van der Waals surface area contributed by atoms with Gasteiger partial charge >= 0.3 is 0 Å². The molecular weight excluding hydrogens is 234 g/mol. The van der Waals surface area contributed by atoms with Gasteiger partial charge in [0.15, 0.2) is 0 Å². The molecular formula is C17H31NO. The van der Waals surface area contributed by atoms with E-state index < -0.39 is 0 Å². The Kier molecular flexibility index (Phi) is 4.48. The van der Waals surface area contributed by atoms with Crippen molar-refractivity contribution >= 4 is 0 Å². The van der Waals surface area contributed by atoms with Crippen LogP contribution in [-0.2, 0) is 4.74 Å². The first-order valence-corrected chi connectivity index (χ1v) is 8.69. The van der Waals surface area contributed by atoms with Gasteiger partial charge in [0.25, 0.3) is 0 Å². The molecule has 1 heterocycles. The lowest BCUT2D eigenvalue weighted by Gasteiger charge is -2.33. The summed E-state index contributed by atoms with van der Waals surface area (Å²) in [4.78, 5) is 0. The summed E-state index contributed by atoms with van der Waals surface area (Å²) >= 11 is 0. The number of hydrogen-bond donors (Lipinski definition) is 1. The van der Waals surface area contributed by atoms with Crippen LogP contribution in [0.2, 0.25) is 0 Å². The van der Waals surface area contributed by atoms with Crippen LogP contribution in [0, 0.1) is 5.92 Å². The summed E-state index contributed by atoms with van der Waals surface area (Å²) < 4.78 is 6.44. The predicted octanol–water partition coefficient (Wildman–Crippen LogP) is 4.04. The standard InChI is InChI=1S/C17H31NO/c1-14(15-7-3-4-8-15)18-13-16-9-12-17(19-16)10-5-2-6-11-17/h14-16,18H,2-13H2,1H3. The van der Waals surface area contributed by atoms with Gasteiger partial charge in [0.05, 0.1) is 11.7 Å². The van der Waals surface area contributed by atoms with Crippen LogP contribution in [0.5, 0.6) is 0 Å². The second-order valence-corrected chi connectivity index (χ2v) is 7.26. The highest BCUT2D eigenvalue weighted by atomic mass is 16.5. The zero-order valence-electron chi connectivity index (χ0n) is 12.6. The lowest BCUT2D eigenvalue weighted by Crippen LogP contribution is -2.39. The van der Waals surface area contributed by atoms with Crippen molar-refractivity contribution in [3.63, 3.8) is 0 Å². The first-order valence-electron chi connectivity index (χ1n) is 8.69. The first-order chi connectivity index (χ1) is 9.27. The van der Waals surface area contributed by atoms with Crippen molar-refractivity contribution in [3.8, 4) is 0 Å². The van der Waals surface area contributed by atoms with Crippen LogP contribution in [0.1, 0.15) is 77.6 Å². The van der Waals surface area contributed by atoms with E-state index in [9.17, 15) is 0 Å². The van der Waals surface area contributed by atoms with Crippen LogP contribution >= 0.6 is 0 Å². The van der Waals surface area contributed by atoms with Crippen molar-refractivity contribution in [3.05, 3.63) is 0 Å². The van der Waals surface area contributed by atoms with Crippen molar-refractivity contribution in [1.29, 1.82) is 0 Å². The van der Waals surface area contributed by atoms with E-state index in [1.807, 2.05) is 0 Å². The summed E-state index contributed by atoms with van der Waals surface area (Å²) in [6, 6.07) is 0.689. The minimum absolute atomic E-state index is 0.293. The van der Waals surface area contributed by atoms with Crippen molar-refractivity contribution in [1.82, 2.24) is 5.32 Å². The van der Waals surface area contributed by atoms with Crippen molar-refractivity contribution in [2.45, 2.75) is 95.3 Å². The maximum Gasteiger partial charge on any atom is 0.0708 e. The number of nitrogens with one attached hydrogen (secondary N) is 1. The average Bonchev–Trinajstić information content (AvgIpc) is 3.08. The number of rotatable bonds is 4. The Hall–Kier alpha value is -0.0800. The molecule has 2 atom stereocenters. The van der Waals surface area contributed by atoms with Gasteiger partial charge in [-0.05, 0) is 51.4 Å². The molecule has 0 amide bonds. The molecule has 19 heavy (non-hydrogen) atoms. The Morgan fingerprint density at radius 2 is 1.74 bits per heavy atom. The Morgan fingerprint density at radius 3 is 2.47 bits per heavy atom. The van der Waals surface area contributed by atoms with Gasteiger partial charge in [0.1, 0.15) is 0 Å². The molecule has 2 nitrogen and oxygen atoms in total. The molecule has 0 aromatic heterocycles. The molecule has 3 fully saturated rings. The molecule has 1 N–H and O–H groups in total. The molecule has 110 valence electrons. The third-order valence-corrected chi connectivity index (χ3v) is 5.88. The van der Waals surface area contributed by atoms with Crippen LogP contribution in [-0.4, -0.2) is 24.3 Å². The first kappa shape index (κ1) is 13.9. The van der Waals surface area contributed by atoms with Gasteiger partial charge < -0.3 is 10.1 Å². The second-order valence-electron chi connectivity index (χ2n) is 7.26. The minimum Gasteiger partial charge on any atom is -0.370 e. The van der Waals surface area contributed by atoms with Gasteiger partial charge in [0.2, 0.25) is 0 Å². The predicted molar refractivity (Wildman–Crippen MR) is 79.3 cm³/mol. The van der Waals surface area contributed by atoms with Gasteiger partial charge in [-0.2, -0.15) is 0 Å². The maximum absolute atomic E-state index is 6.44. The van der Waals surface area contributed by atoms with Crippen LogP contribution in [0.15, 0.2) is 0 Å². The third kappa shape index (κ3) is 3.33. The van der Waals surface area contributed by atoms with Crippen LogP contribution < -0.4 is 5.32 Å². The summed E-state index contributed by atoms with van der Waals surface area (Å²) in [7, 11) is 0. The van der Waals surface area contributed by atoms with Crippen LogP contribution in [0.4, 0.5) is 0 Å². The molecule has 2 unspecified atom stereocenters. The summed E-state index contributed by atoms with van der Waals surface area (Å²) in [6.07, 6.45) is 15.7. The Balaban J connectivity index is 1.41. The smallest absolute Gasteiger partial charge is 0.0708 e. The maximum atomic E-state index is 6.44. The lowest BCUT2D eigenvalue weighted by atomic mass is 9.83. The molecule has 3 aliphatic rings. The lowest BCUT2D eigenvalue weighted by molar-refractivity contribution is -0.0631. The van der Waals surface area contributed by atoms with Gasteiger partial charge in [-0.1, -0.05) is 32.1 Å². The number of ether oxygens (including phenoxy) is 1. The molecule has 1 saturated heterocycles. The van der Waals surface area contributed by atoms with E-state index in [0.717, 1.165) is 12.5 Å². The quantitative estimate of drug-likeness (QED) is 0.828. The molecule has 2 saturated carbocycles. The normalized spacial score (nSPS) is 33.0. The van der Waals surface area contributed by atoms with E-state index in [2.05, 4.69) is 12.2 Å². The zero-order valence-corrected chi connectivity index (χ0v) is 12.6. The summed E-state index contributed by atoms with van der Waals surface area (Å²) in [6.45, 7) is 3.46. The third-order valence-electron chi connectivity index (χ3n) is 5.88. The Labute approximate surface area is 118 Å². The Morgan fingerprint density at radius 1 is 1.00 bits per heavy atom. The highest BCUT2D eigenvalue weighted by molar-refractivity contribution is 4.92. The fourth-order valence-corrected chi connectivity index (χ4v) is 4.54. The van der Waals surface area contributed by atoms with Crippen molar-refractivity contribution in [2.24, 2.45) is 5.92 Å². The average molecular weight is 265 g/mol. The van der Waals surface area contributed by atoms with Crippen molar-refractivity contribution in [2.75, 3.05) is 6.54 Å². The van der Waals surface area contributed by atoms with E-state index in [4.69, 9.17) is 4.74 Å². The molecule has 0 bridgehead atoms. The van der Waals surface area contributed by atoms with Gasteiger partial charge in [-0.25, -0.2) is 0 Å². The molecule has 3 rings (SSSR count). The SMILES string of the molecule is CC(NCC1CCC2(CCCCC2)O1)C1CCCC1. The second kappa shape index (κ2) is 6.13. The highest BCUT2D eigenvalue weighted by Gasteiger charge is 2.40. The summed E-state index contributed by atoms with van der Waals surface area (Å²) in [5, 5.41) is 3.76. The summed E-state index contributed by atoms with van der Waals surface area (Å²) in [5.74, 6) is 0.921. The van der Waals surface area contributed by atoms with Gasteiger partial charge in [0, 0.05) is 12.6 Å². The van der Waals surface area contributed by atoms with E-state index >= 15 is 0 Å². The molecule has 0 aromatic carbocycles. The molecule has 1 aliphatic heterocycles. The summed E-state index contributed by atoms with van der Waals surface area (Å²) in [5.41, 5.74) is 0.293. The van der Waals surface area contributed by atoms with E-state index in [-0.39, 0.29) is 0 Å². The van der Waals surface area contributed by atoms with E-state index in [1.165, 1.54) is 70.6 Å². The number of hydrogen-bond acceptors (Lipinski definition) is 2. The molecule has 2 heteroatoms. The van der Waals surface area contributed by atoms with Crippen LogP contribution in [0.25, 0.3) is 0 Å². The van der Waals surface area contributed by atoms with Gasteiger partial charge in [-0.3, -0.25) is 0 Å². The molecule has 2 aliphatic carbocycles. The monoisotopic (exact) mass is 265 g/mol. The van der Waals surface area contributed by atoms with E-state index in [1.54, 1.807) is 0 Å². The van der Waals surface area contributed by atoms with Gasteiger partial charge in [-0.15, -0.1) is 0 Å². The molecule has 0 radical (unpaired) electrons. The van der Waals surface area contributed by atoms with E-state index in [0.29, 0.717) is 17.7 Å². The van der Waals surface area contributed by atoms with Crippen molar-refractivity contribution < 1.29 is 4.74 Å². The minimum atomic E-state index is 0.293. The Bertz CT molecular complexity index is 279. The topological polar surface area (TPSA) is 21.3 Å². The fourth-order valence-electron chi connectivity index (χ4n) is 4.54. The molecule has 1 spiro atoms. The largest absolute Gasteiger partial charge is 0.370 e. The van der Waals surface area contributed by atoms with Crippen LogP contribution in [0.3, 0.4) is 0 Å². The molecule has 0 aromatic rings. The highest BCUT2D eigenvalue weighted by Crippen LogP contribution is 2.41.